The number of rotatable bonds is 4. The first-order valence-electron chi connectivity index (χ1n) is 5.34. The fraction of sp³-hybridized carbons (Fsp3) is 0.417. The molecule has 0 aliphatic heterocycles. The average molecular weight is 257 g/mol. The number of halogens is 1. The Morgan fingerprint density at radius 2 is 2.18 bits per heavy atom. The van der Waals surface area contributed by atoms with Crippen molar-refractivity contribution in [3.8, 4) is 0 Å². The van der Waals surface area contributed by atoms with Gasteiger partial charge in [0, 0.05) is 17.8 Å². The molecular formula is C12H17ClN2O2. The van der Waals surface area contributed by atoms with Crippen molar-refractivity contribution in [1.82, 2.24) is 5.32 Å². The molecule has 4 nitrogen and oxygen atoms in total. The van der Waals surface area contributed by atoms with E-state index in [1.165, 1.54) is 6.07 Å². The number of aliphatic hydroxyl groups excluding tert-OH is 1. The van der Waals surface area contributed by atoms with E-state index in [4.69, 9.17) is 22.4 Å². The van der Waals surface area contributed by atoms with E-state index in [-0.39, 0.29) is 12.5 Å². The van der Waals surface area contributed by atoms with Crippen molar-refractivity contribution in [2.24, 2.45) is 0 Å². The van der Waals surface area contributed by atoms with E-state index in [1.54, 1.807) is 12.1 Å². The summed E-state index contributed by atoms with van der Waals surface area (Å²) in [4.78, 5) is 12.0. The van der Waals surface area contributed by atoms with Gasteiger partial charge in [0.1, 0.15) is 0 Å². The summed E-state index contributed by atoms with van der Waals surface area (Å²) in [6.07, 6.45) is 0.471. The highest BCUT2D eigenvalue weighted by Gasteiger charge is 2.21. The number of carbonyl (C=O) groups is 1. The number of hydrogen-bond acceptors (Lipinski definition) is 3. The fourth-order valence-electron chi connectivity index (χ4n) is 1.43. The largest absolute Gasteiger partial charge is 0.399 e. The zero-order chi connectivity index (χ0) is 13.1. The number of carbonyl (C=O) groups excluding carboxylic acids is 1. The van der Waals surface area contributed by atoms with Gasteiger partial charge in [0.2, 0.25) is 0 Å². The van der Waals surface area contributed by atoms with Crippen LogP contribution in [0.1, 0.15) is 30.6 Å². The molecule has 0 atom stereocenters. The van der Waals surface area contributed by atoms with Crippen molar-refractivity contribution >= 4 is 23.2 Å². The molecule has 0 aliphatic carbocycles. The number of nitrogens with one attached hydrogen (secondary N) is 1. The normalized spacial score (nSPS) is 11.3. The molecule has 0 radical (unpaired) electrons. The lowest BCUT2D eigenvalue weighted by Crippen LogP contribution is -2.44. The van der Waals surface area contributed by atoms with Gasteiger partial charge < -0.3 is 16.2 Å². The molecule has 1 aromatic carbocycles. The first-order valence-corrected chi connectivity index (χ1v) is 5.72. The molecule has 1 aromatic rings. The molecule has 1 rings (SSSR count). The van der Waals surface area contributed by atoms with Crippen LogP contribution in [-0.4, -0.2) is 23.2 Å². The summed E-state index contributed by atoms with van der Waals surface area (Å²) in [5, 5.41) is 12.0. The number of benzene rings is 1. The van der Waals surface area contributed by atoms with Crippen LogP contribution < -0.4 is 11.1 Å². The third kappa shape index (κ3) is 3.91. The highest BCUT2D eigenvalue weighted by molar-refractivity contribution is 6.34. The summed E-state index contributed by atoms with van der Waals surface area (Å²) in [5.41, 5.74) is 5.95. The third-order valence-electron chi connectivity index (χ3n) is 2.42. The number of amides is 1. The van der Waals surface area contributed by atoms with Crippen LogP contribution in [0.25, 0.3) is 0 Å². The van der Waals surface area contributed by atoms with E-state index >= 15 is 0 Å². The van der Waals surface area contributed by atoms with Crippen LogP contribution in [0, 0.1) is 0 Å². The molecule has 4 N–H and O–H groups in total. The molecule has 94 valence electrons. The molecule has 0 saturated heterocycles. The Bertz CT molecular complexity index is 419. The van der Waals surface area contributed by atoms with E-state index in [0.717, 1.165) is 0 Å². The van der Waals surface area contributed by atoms with Crippen LogP contribution in [-0.2, 0) is 0 Å². The first-order chi connectivity index (χ1) is 7.85. The summed E-state index contributed by atoms with van der Waals surface area (Å²) in [7, 11) is 0. The summed E-state index contributed by atoms with van der Waals surface area (Å²) in [6, 6.07) is 4.76. The topological polar surface area (TPSA) is 75.3 Å². The maximum absolute atomic E-state index is 12.0. The Kier molecular flexibility index (Phi) is 4.37. The van der Waals surface area contributed by atoms with Crippen LogP contribution in [0.15, 0.2) is 18.2 Å². The van der Waals surface area contributed by atoms with Crippen LogP contribution in [0.3, 0.4) is 0 Å². The Hall–Kier alpha value is -1.26. The summed E-state index contributed by atoms with van der Waals surface area (Å²) in [6.45, 7) is 3.68. The number of hydrogen-bond donors (Lipinski definition) is 3. The van der Waals surface area contributed by atoms with Gasteiger partial charge in [-0.3, -0.25) is 4.79 Å². The number of nitrogens with two attached hydrogens (primary N) is 1. The maximum Gasteiger partial charge on any atom is 0.253 e. The number of nitrogen functional groups attached to an aromatic ring is 1. The van der Waals surface area contributed by atoms with Crippen LogP contribution in [0.4, 0.5) is 5.69 Å². The smallest absolute Gasteiger partial charge is 0.253 e. The van der Waals surface area contributed by atoms with E-state index in [0.29, 0.717) is 22.7 Å². The summed E-state index contributed by atoms with van der Waals surface area (Å²) < 4.78 is 0. The molecule has 0 fully saturated rings. The van der Waals surface area contributed by atoms with Crippen LogP contribution in [0.5, 0.6) is 0 Å². The Morgan fingerprint density at radius 3 is 2.76 bits per heavy atom. The fourth-order valence-corrected chi connectivity index (χ4v) is 1.64. The molecule has 17 heavy (non-hydrogen) atoms. The van der Waals surface area contributed by atoms with Gasteiger partial charge >= 0.3 is 0 Å². The lowest BCUT2D eigenvalue weighted by atomic mass is 10.0. The van der Waals surface area contributed by atoms with E-state index in [2.05, 4.69) is 5.32 Å². The predicted molar refractivity (Wildman–Crippen MR) is 69.1 cm³/mol. The monoisotopic (exact) mass is 256 g/mol. The van der Waals surface area contributed by atoms with Gasteiger partial charge in [-0.2, -0.15) is 0 Å². The number of anilines is 1. The second-order valence-electron chi connectivity index (χ2n) is 4.55. The lowest BCUT2D eigenvalue weighted by molar-refractivity contribution is 0.0899. The molecule has 0 spiro atoms. The van der Waals surface area contributed by atoms with Gasteiger partial charge in [0.05, 0.1) is 10.6 Å². The summed E-state index contributed by atoms with van der Waals surface area (Å²) >= 11 is 5.93. The van der Waals surface area contributed by atoms with Gasteiger partial charge in [-0.15, -0.1) is 0 Å². The quantitative estimate of drug-likeness (QED) is 0.720. The molecule has 0 unspecified atom stereocenters. The van der Waals surface area contributed by atoms with Gasteiger partial charge in [-0.05, 0) is 38.5 Å². The van der Waals surface area contributed by atoms with Crippen molar-refractivity contribution in [3.63, 3.8) is 0 Å². The third-order valence-corrected chi connectivity index (χ3v) is 2.75. The minimum absolute atomic E-state index is 0.0118. The van der Waals surface area contributed by atoms with Crippen LogP contribution in [0.2, 0.25) is 5.02 Å². The van der Waals surface area contributed by atoms with Gasteiger partial charge in [0.25, 0.3) is 5.91 Å². The molecule has 1 amide bonds. The summed E-state index contributed by atoms with van der Waals surface area (Å²) in [5.74, 6) is -0.291. The highest BCUT2D eigenvalue weighted by Crippen LogP contribution is 2.20. The van der Waals surface area contributed by atoms with E-state index in [1.807, 2.05) is 13.8 Å². The SMILES string of the molecule is CC(C)(CCO)NC(=O)c1cc(N)ccc1Cl. The Labute approximate surface area is 106 Å². The van der Waals surface area contributed by atoms with Crippen LogP contribution >= 0.6 is 11.6 Å². The Balaban J connectivity index is 2.86. The second kappa shape index (κ2) is 5.38. The number of aliphatic hydroxyl groups is 1. The van der Waals surface area contributed by atoms with Crippen molar-refractivity contribution in [2.45, 2.75) is 25.8 Å². The average Bonchev–Trinajstić information content (AvgIpc) is 2.20. The molecule has 5 heteroatoms. The first kappa shape index (κ1) is 13.8. The second-order valence-corrected chi connectivity index (χ2v) is 4.96. The molecule has 0 aromatic heterocycles. The minimum atomic E-state index is -0.486. The Morgan fingerprint density at radius 1 is 1.53 bits per heavy atom. The highest BCUT2D eigenvalue weighted by atomic mass is 35.5. The molecule has 0 heterocycles. The zero-order valence-electron chi connectivity index (χ0n) is 9.96. The van der Waals surface area contributed by atoms with Crippen molar-refractivity contribution in [2.75, 3.05) is 12.3 Å². The van der Waals surface area contributed by atoms with Crippen molar-refractivity contribution in [1.29, 1.82) is 0 Å². The molecule has 0 saturated carbocycles. The standard InChI is InChI=1S/C12H17ClN2O2/c1-12(2,5-6-16)15-11(17)9-7-8(14)3-4-10(9)13/h3-4,7,16H,5-6,14H2,1-2H3,(H,15,17). The maximum atomic E-state index is 12.0. The lowest BCUT2D eigenvalue weighted by Gasteiger charge is -2.25. The van der Waals surface area contributed by atoms with E-state index < -0.39 is 5.54 Å². The minimum Gasteiger partial charge on any atom is -0.399 e. The molecule has 0 bridgehead atoms. The van der Waals surface area contributed by atoms with Crippen molar-refractivity contribution < 1.29 is 9.90 Å². The van der Waals surface area contributed by atoms with Gasteiger partial charge in [-0.1, -0.05) is 11.6 Å². The van der Waals surface area contributed by atoms with Crippen molar-refractivity contribution in [3.05, 3.63) is 28.8 Å². The molecule has 0 aliphatic rings. The predicted octanol–water partition coefficient (Wildman–Crippen LogP) is 1.81. The van der Waals surface area contributed by atoms with Gasteiger partial charge in [0.15, 0.2) is 0 Å². The van der Waals surface area contributed by atoms with E-state index in [9.17, 15) is 4.79 Å². The zero-order valence-corrected chi connectivity index (χ0v) is 10.7. The van der Waals surface area contributed by atoms with Gasteiger partial charge in [-0.25, -0.2) is 0 Å². The molecular weight excluding hydrogens is 240 g/mol.